The van der Waals surface area contributed by atoms with Crippen LogP contribution in [-0.2, 0) is 4.79 Å². The monoisotopic (exact) mass is 302 g/mol. The van der Waals surface area contributed by atoms with Crippen molar-refractivity contribution in [1.29, 1.82) is 0 Å². The first-order valence-corrected chi connectivity index (χ1v) is 7.62. The molecule has 2 aliphatic rings. The average molecular weight is 302 g/mol. The summed E-state index contributed by atoms with van der Waals surface area (Å²) >= 11 is 0. The van der Waals surface area contributed by atoms with E-state index in [4.69, 9.17) is 0 Å². The second kappa shape index (κ2) is 5.88. The van der Waals surface area contributed by atoms with Crippen molar-refractivity contribution >= 4 is 17.7 Å². The van der Waals surface area contributed by atoms with Gasteiger partial charge < -0.3 is 9.80 Å². The summed E-state index contributed by atoms with van der Waals surface area (Å²) in [5.41, 5.74) is 1.01. The van der Waals surface area contributed by atoms with E-state index >= 15 is 0 Å². The van der Waals surface area contributed by atoms with E-state index in [9.17, 15) is 14.4 Å². The molecule has 3 rings (SSSR count). The molecule has 116 valence electrons. The third-order valence-electron chi connectivity index (χ3n) is 4.48. The van der Waals surface area contributed by atoms with Crippen LogP contribution in [0.25, 0.3) is 0 Å². The molecule has 0 aliphatic carbocycles. The maximum atomic E-state index is 12.3. The van der Waals surface area contributed by atoms with E-state index in [-0.39, 0.29) is 17.7 Å². The number of imide groups is 1. The van der Waals surface area contributed by atoms with Crippen LogP contribution >= 0.6 is 0 Å². The van der Waals surface area contributed by atoms with Gasteiger partial charge in [0, 0.05) is 6.92 Å². The van der Waals surface area contributed by atoms with Crippen LogP contribution in [0, 0.1) is 0 Å². The Morgan fingerprint density at radius 3 is 2.14 bits per heavy atom. The first-order chi connectivity index (χ1) is 10.6. The summed E-state index contributed by atoms with van der Waals surface area (Å²) < 4.78 is 0. The summed E-state index contributed by atoms with van der Waals surface area (Å²) in [5, 5.41) is 0. The van der Waals surface area contributed by atoms with Gasteiger partial charge in [-0.05, 0) is 12.1 Å². The topological polar surface area (TPSA) is 62.1 Å². The van der Waals surface area contributed by atoms with Crippen molar-refractivity contribution < 1.29 is 19.3 Å². The van der Waals surface area contributed by atoms with Gasteiger partial charge in [-0.3, -0.25) is 19.3 Å². The number of hydrogen-bond acceptors (Lipinski definition) is 3. The second-order valence-electron chi connectivity index (χ2n) is 5.81. The molecule has 0 radical (unpaired) electrons. The van der Waals surface area contributed by atoms with Crippen molar-refractivity contribution in [1.82, 2.24) is 9.80 Å². The largest absolute Gasteiger partial charge is 0.332 e. The van der Waals surface area contributed by atoms with Gasteiger partial charge in [0.25, 0.3) is 11.8 Å². The zero-order chi connectivity index (χ0) is 15.7. The lowest BCUT2D eigenvalue weighted by Crippen LogP contribution is -3.15. The van der Waals surface area contributed by atoms with Gasteiger partial charge in [0.1, 0.15) is 0 Å². The number of piperazine rings is 1. The molecule has 1 fully saturated rings. The molecule has 0 saturated carbocycles. The Morgan fingerprint density at radius 2 is 1.64 bits per heavy atom. The fourth-order valence-corrected chi connectivity index (χ4v) is 3.10. The highest BCUT2D eigenvalue weighted by molar-refractivity contribution is 6.21. The molecule has 1 aromatic rings. The Morgan fingerprint density at radius 1 is 1.09 bits per heavy atom. The van der Waals surface area contributed by atoms with Crippen LogP contribution in [0.5, 0.6) is 0 Å². The fraction of sp³-hybridized carbons (Fsp3) is 0.438. The van der Waals surface area contributed by atoms with Gasteiger partial charge in [0.2, 0.25) is 5.91 Å². The minimum Gasteiger partial charge on any atom is -0.332 e. The van der Waals surface area contributed by atoms with Crippen molar-refractivity contribution in [2.45, 2.75) is 6.92 Å². The van der Waals surface area contributed by atoms with E-state index in [1.165, 1.54) is 9.80 Å². The number of carbonyl (C=O) groups excluding carboxylic acids is 3. The molecule has 2 aliphatic heterocycles. The molecule has 1 aromatic carbocycles. The highest BCUT2D eigenvalue weighted by atomic mass is 16.2. The molecular formula is C16H20N3O3+. The van der Waals surface area contributed by atoms with Crippen LogP contribution in [0.4, 0.5) is 0 Å². The summed E-state index contributed by atoms with van der Waals surface area (Å²) in [4.78, 5) is 40.3. The average Bonchev–Trinajstić information content (AvgIpc) is 2.78. The number of carbonyl (C=O) groups is 3. The number of amides is 3. The van der Waals surface area contributed by atoms with Crippen molar-refractivity contribution in [3.8, 4) is 0 Å². The predicted molar refractivity (Wildman–Crippen MR) is 79.6 cm³/mol. The van der Waals surface area contributed by atoms with E-state index in [0.717, 1.165) is 32.7 Å². The predicted octanol–water partition coefficient (Wildman–Crippen LogP) is -0.970. The molecule has 1 saturated heterocycles. The van der Waals surface area contributed by atoms with Gasteiger partial charge >= 0.3 is 0 Å². The number of hydrogen-bond donors (Lipinski definition) is 1. The summed E-state index contributed by atoms with van der Waals surface area (Å²) in [6.45, 7) is 5.97. The molecule has 0 spiro atoms. The molecule has 22 heavy (non-hydrogen) atoms. The fourth-order valence-electron chi connectivity index (χ4n) is 3.10. The Labute approximate surface area is 129 Å². The first-order valence-electron chi connectivity index (χ1n) is 7.62. The van der Waals surface area contributed by atoms with E-state index in [0.29, 0.717) is 17.7 Å². The van der Waals surface area contributed by atoms with Gasteiger partial charge in [0.05, 0.1) is 50.4 Å². The Hall–Kier alpha value is -2.21. The summed E-state index contributed by atoms with van der Waals surface area (Å²) in [6, 6.07) is 6.96. The van der Waals surface area contributed by atoms with Gasteiger partial charge in [0.15, 0.2) is 0 Å². The third kappa shape index (κ3) is 2.62. The normalized spacial score (nSPS) is 18.8. The maximum absolute atomic E-state index is 12.3. The SMILES string of the molecule is CC(=O)N1CC[NH+](CCN2C(=O)c3ccccc3C2=O)CC1. The first kappa shape index (κ1) is 14.7. The lowest BCUT2D eigenvalue weighted by atomic mass is 10.1. The molecule has 6 heteroatoms. The van der Waals surface area contributed by atoms with Crippen LogP contribution in [0.15, 0.2) is 24.3 Å². The molecule has 6 nitrogen and oxygen atoms in total. The minimum absolute atomic E-state index is 0.111. The van der Waals surface area contributed by atoms with E-state index in [1.807, 2.05) is 4.90 Å². The number of quaternary nitrogens is 1. The number of nitrogens with zero attached hydrogens (tertiary/aromatic N) is 2. The number of benzene rings is 1. The van der Waals surface area contributed by atoms with Crippen molar-refractivity contribution in [3.63, 3.8) is 0 Å². The lowest BCUT2D eigenvalue weighted by molar-refractivity contribution is -0.903. The van der Waals surface area contributed by atoms with Gasteiger partial charge in [-0.1, -0.05) is 12.1 Å². The second-order valence-corrected chi connectivity index (χ2v) is 5.81. The third-order valence-corrected chi connectivity index (χ3v) is 4.48. The van der Waals surface area contributed by atoms with Crippen LogP contribution in [0.2, 0.25) is 0 Å². The molecule has 1 N–H and O–H groups in total. The maximum Gasteiger partial charge on any atom is 0.261 e. The van der Waals surface area contributed by atoms with Crippen molar-refractivity contribution in [2.24, 2.45) is 0 Å². The number of rotatable bonds is 3. The molecule has 0 aromatic heterocycles. The standard InChI is InChI=1S/C16H19N3O3/c1-12(20)18-9-6-17(7-10-18)8-11-19-15(21)13-4-2-3-5-14(13)16(19)22/h2-5H,6-11H2,1H3/p+1. The van der Waals surface area contributed by atoms with Crippen LogP contribution < -0.4 is 4.90 Å². The summed E-state index contributed by atoms with van der Waals surface area (Å²) in [5.74, 6) is -0.274. The van der Waals surface area contributed by atoms with Crippen molar-refractivity contribution in [2.75, 3.05) is 39.3 Å². The van der Waals surface area contributed by atoms with E-state index < -0.39 is 0 Å². The molecule has 2 heterocycles. The van der Waals surface area contributed by atoms with E-state index in [1.54, 1.807) is 31.2 Å². The summed E-state index contributed by atoms with van der Waals surface area (Å²) in [6.07, 6.45) is 0. The highest BCUT2D eigenvalue weighted by Gasteiger charge is 2.35. The van der Waals surface area contributed by atoms with Crippen LogP contribution in [0.3, 0.4) is 0 Å². The minimum atomic E-state index is -0.192. The molecule has 3 amide bonds. The lowest BCUT2D eigenvalue weighted by Gasteiger charge is -2.32. The van der Waals surface area contributed by atoms with Crippen LogP contribution in [-0.4, -0.2) is 66.8 Å². The molecule has 0 atom stereocenters. The zero-order valence-corrected chi connectivity index (χ0v) is 12.7. The highest BCUT2D eigenvalue weighted by Crippen LogP contribution is 2.21. The van der Waals surface area contributed by atoms with Crippen LogP contribution in [0.1, 0.15) is 27.6 Å². The van der Waals surface area contributed by atoms with Crippen molar-refractivity contribution in [3.05, 3.63) is 35.4 Å². The van der Waals surface area contributed by atoms with Gasteiger partial charge in [-0.25, -0.2) is 0 Å². The molecular weight excluding hydrogens is 282 g/mol. The Balaban J connectivity index is 1.56. The number of nitrogens with one attached hydrogen (secondary N) is 1. The molecule has 0 unspecified atom stereocenters. The molecule has 0 bridgehead atoms. The quantitative estimate of drug-likeness (QED) is 0.731. The summed E-state index contributed by atoms with van der Waals surface area (Å²) in [7, 11) is 0. The number of fused-ring (bicyclic) bond motifs is 1. The smallest absolute Gasteiger partial charge is 0.261 e. The zero-order valence-electron chi connectivity index (χ0n) is 12.7. The van der Waals surface area contributed by atoms with Gasteiger partial charge in [-0.15, -0.1) is 0 Å². The Kier molecular flexibility index (Phi) is 3.94. The Bertz CT molecular complexity index is 586. The van der Waals surface area contributed by atoms with Gasteiger partial charge in [-0.2, -0.15) is 0 Å². The van der Waals surface area contributed by atoms with E-state index in [2.05, 4.69) is 0 Å².